The summed E-state index contributed by atoms with van der Waals surface area (Å²) in [5, 5.41) is 23.7. The number of anilines is 1. The van der Waals surface area contributed by atoms with Gasteiger partial charge in [0.1, 0.15) is 11.3 Å². The summed E-state index contributed by atoms with van der Waals surface area (Å²) >= 11 is 0. The molecule has 0 aromatic heterocycles. The van der Waals surface area contributed by atoms with E-state index in [1.54, 1.807) is 0 Å². The monoisotopic (exact) mass is 278 g/mol. The fourth-order valence-corrected chi connectivity index (χ4v) is 2.09. The molecular formula is C14H18N2O4. The van der Waals surface area contributed by atoms with Crippen LogP contribution in [0.25, 0.3) is 0 Å². The van der Waals surface area contributed by atoms with Gasteiger partial charge < -0.3 is 20.8 Å². The van der Waals surface area contributed by atoms with Gasteiger partial charge in [0.15, 0.2) is 0 Å². The first-order chi connectivity index (χ1) is 9.45. The average Bonchev–Trinajstić information content (AvgIpc) is 3.11. The summed E-state index contributed by atoms with van der Waals surface area (Å²) in [4.78, 5) is 22.5. The van der Waals surface area contributed by atoms with Crippen LogP contribution in [0.15, 0.2) is 18.2 Å². The van der Waals surface area contributed by atoms with Gasteiger partial charge in [-0.05, 0) is 31.4 Å². The van der Waals surface area contributed by atoms with Crippen LogP contribution in [-0.2, 0) is 0 Å². The van der Waals surface area contributed by atoms with E-state index >= 15 is 0 Å². The number of rotatable bonds is 5. The zero-order chi connectivity index (χ0) is 14.7. The molecule has 6 heteroatoms. The molecule has 1 atom stereocenters. The van der Waals surface area contributed by atoms with E-state index in [1.165, 1.54) is 31.0 Å². The molecule has 0 bridgehead atoms. The highest BCUT2D eigenvalue weighted by molar-refractivity contribution is 5.94. The second kappa shape index (κ2) is 5.81. The second-order valence-electron chi connectivity index (χ2n) is 5.22. The van der Waals surface area contributed by atoms with Crippen LogP contribution in [0.5, 0.6) is 5.75 Å². The molecule has 1 aliphatic rings. The number of hydrogen-bond acceptors (Lipinski definition) is 3. The third-order valence-corrected chi connectivity index (χ3v) is 3.25. The molecule has 4 N–H and O–H groups in total. The molecule has 1 aliphatic carbocycles. The quantitative estimate of drug-likeness (QED) is 0.664. The number of amides is 2. The predicted molar refractivity (Wildman–Crippen MR) is 74.0 cm³/mol. The number of aromatic carboxylic acids is 1. The highest BCUT2D eigenvalue weighted by Crippen LogP contribution is 2.33. The second-order valence-corrected chi connectivity index (χ2v) is 5.22. The van der Waals surface area contributed by atoms with Crippen LogP contribution in [0.3, 0.4) is 0 Å². The summed E-state index contributed by atoms with van der Waals surface area (Å²) in [5.74, 6) is -0.859. The molecule has 1 saturated carbocycles. The van der Waals surface area contributed by atoms with Gasteiger partial charge in [0.2, 0.25) is 0 Å². The fourth-order valence-electron chi connectivity index (χ4n) is 2.09. The van der Waals surface area contributed by atoms with Gasteiger partial charge in [-0.15, -0.1) is 0 Å². The van der Waals surface area contributed by atoms with Crippen LogP contribution in [0, 0.1) is 5.92 Å². The first kappa shape index (κ1) is 14.2. The number of urea groups is 1. The van der Waals surface area contributed by atoms with Crippen LogP contribution in [0.1, 0.15) is 36.5 Å². The molecule has 0 aliphatic heterocycles. The molecule has 0 radical (unpaired) electrons. The van der Waals surface area contributed by atoms with Crippen LogP contribution in [0.4, 0.5) is 10.5 Å². The lowest BCUT2D eigenvalue weighted by molar-refractivity contribution is 0.0694. The Bertz CT molecular complexity index is 526. The lowest BCUT2D eigenvalue weighted by Gasteiger charge is -2.14. The Hall–Kier alpha value is -2.24. The minimum atomic E-state index is -1.21. The Balaban J connectivity index is 1.90. The zero-order valence-electron chi connectivity index (χ0n) is 11.2. The highest BCUT2D eigenvalue weighted by Gasteiger charge is 2.24. The molecule has 1 aromatic carbocycles. The van der Waals surface area contributed by atoms with E-state index in [1.807, 2.05) is 6.92 Å². The number of carboxylic acid groups (broad SMARTS) is 1. The number of nitrogens with one attached hydrogen (secondary N) is 2. The Morgan fingerprint density at radius 3 is 2.65 bits per heavy atom. The molecule has 108 valence electrons. The third-order valence-electron chi connectivity index (χ3n) is 3.25. The minimum absolute atomic E-state index is 0.0920. The molecule has 2 amide bonds. The van der Waals surface area contributed by atoms with Crippen molar-refractivity contribution in [1.82, 2.24) is 5.32 Å². The van der Waals surface area contributed by atoms with E-state index in [4.69, 9.17) is 5.11 Å². The lowest BCUT2D eigenvalue weighted by Crippen LogP contribution is -2.36. The zero-order valence-corrected chi connectivity index (χ0v) is 11.2. The van der Waals surface area contributed by atoms with Gasteiger partial charge in [0, 0.05) is 17.8 Å². The van der Waals surface area contributed by atoms with Crippen molar-refractivity contribution < 1.29 is 19.8 Å². The molecule has 1 fully saturated rings. The third kappa shape index (κ3) is 3.88. The maximum absolute atomic E-state index is 11.7. The largest absolute Gasteiger partial charge is 0.507 e. The molecule has 0 heterocycles. The fraction of sp³-hybridized carbons (Fsp3) is 0.429. The Morgan fingerprint density at radius 2 is 2.10 bits per heavy atom. The van der Waals surface area contributed by atoms with Crippen molar-refractivity contribution in [2.45, 2.75) is 32.2 Å². The Morgan fingerprint density at radius 1 is 1.40 bits per heavy atom. The predicted octanol–water partition coefficient (Wildman–Crippen LogP) is 2.40. The molecule has 2 rings (SSSR count). The average molecular weight is 278 g/mol. The van der Waals surface area contributed by atoms with E-state index in [-0.39, 0.29) is 23.4 Å². The SMILES string of the molecule is CC(CC1CC1)NC(=O)Nc1ccc(C(=O)O)c(O)c1. The molecule has 1 unspecified atom stereocenters. The van der Waals surface area contributed by atoms with Crippen molar-refractivity contribution in [3.8, 4) is 5.75 Å². The van der Waals surface area contributed by atoms with Gasteiger partial charge in [0.05, 0.1) is 0 Å². The van der Waals surface area contributed by atoms with Crippen LogP contribution >= 0.6 is 0 Å². The Labute approximate surface area is 116 Å². The number of benzene rings is 1. The number of hydrogen-bond donors (Lipinski definition) is 4. The summed E-state index contributed by atoms with van der Waals surface area (Å²) in [6, 6.07) is 3.64. The standard InChI is InChI=1S/C14H18N2O4/c1-8(6-9-2-3-9)15-14(20)16-10-4-5-11(13(18)19)12(17)7-10/h4-5,7-9,17H,2-3,6H2,1H3,(H,18,19)(H2,15,16,20). The van der Waals surface area contributed by atoms with E-state index in [9.17, 15) is 14.7 Å². The molecular weight excluding hydrogens is 260 g/mol. The maximum Gasteiger partial charge on any atom is 0.339 e. The highest BCUT2D eigenvalue weighted by atomic mass is 16.4. The molecule has 6 nitrogen and oxygen atoms in total. The van der Waals surface area contributed by atoms with Gasteiger partial charge >= 0.3 is 12.0 Å². The van der Waals surface area contributed by atoms with Gasteiger partial charge in [0.25, 0.3) is 0 Å². The van der Waals surface area contributed by atoms with Crippen molar-refractivity contribution in [1.29, 1.82) is 0 Å². The van der Waals surface area contributed by atoms with E-state index in [0.717, 1.165) is 12.3 Å². The molecule has 1 aromatic rings. The van der Waals surface area contributed by atoms with Crippen molar-refractivity contribution in [2.24, 2.45) is 5.92 Å². The van der Waals surface area contributed by atoms with Crippen LogP contribution in [0.2, 0.25) is 0 Å². The smallest absolute Gasteiger partial charge is 0.339 e. The number of phenols is 1. The number of carboxylic acids is 1. The summed E-state index contributed by atoms with van der Waals surface area (Å²) in [6.07, 6.45) is 3.44. The summed E-state index contributed by atoms with van der Waals surface area (Å²) in [6.45, 7) is 1.95. The van der Waals surface area contributed by atoms with E-state index in [2.05, 4.69) is 10.6 Å². The minimum Gasteiger partial charge on any atom is -0.507 e. The summed E-state index contributed by atoms with van der Waals surface area (Å²) in [5.41, 5.74) is 0.154. The van der Waals surface area contributed by atoms with Gasteiger partial charge in [-0.25, -0.2) is 9.59 Å². The number of carbonyl (C=O) groups excluding carboxylic acids is 1. The van der Waals surface area contributed by atoms with Crippen molar-refractivity contribution in [2.75, 3.05) is 5.32 Å². The topological polar surface area (TPSA) is 98.7 Å². The van der Waals surface area contributed by atoms with Crippen LogP contribution in [-0.4, -0.2) is 28.3 Å². The normalized spacial score (nSPS) is 15.4. The first-order valence-corrected chi connectivity index (χ1v) is 6.59. The maximum atomic E-state index is 11.7. The Kier molecular flexibility index (Phi) is 4.12. The number of carbonyl (C=O) groups is 2. The molecule has 0 saturated heterocycles. The van der Waals surface area contributed by atoms with Gasteiger partial charge in [-0.2, -0.15) is 0 Å². The number of aromatic hydroxyl groups is 1. The summed E-state index contributed by atoms with van der Waals surface area (Å²) < 4.78 is 0. The first-order valence-electron chi connectivity index (χ1n) is 6.59. The van der Waals surface area contributed by atoms with E-state index < -0.39 is 5.97 Å². The van der Waals surface area contributed by atoms with Crippen molar-refractivity contribution >= 4 is 17.7 Å². The van der Waals surface area contributed by atoms with Gasteiger partial charge in [-0.1, -0.05) is 12.8 Å². The van der Waals surface area contributed by atoms with Gasteiger partial charge in [-0.3, -0.25) is 0 Å². The molecule has 0 spiro atoms. The lowest BCUT2D eigenvalue weighted by atomic mass is 10.1. The molecule has 20 heavy (non-hydrogen) atoms. The van der Waals surface area contributed by atoms with Crippen molar-refractivity contribution in [3.05, 3.63) is 23.8 Å². The van der Waals surface area contributed by atoms with E-state index in [0.29, 0.717) is 5.69 Å². The summed E-state index contributed by atoms with van der Waals surface area (Å²) in [7, 11) is 0. The van der Waals surface area contributed by atoms with Crippen molar-refractivity contribution in [3.63, 3.8) is 0 Å². The van der Waals surface area contributed by atoms with Crippen LogP contribution < -0.4 is 10.6 Å².